The zero-order chi connectivity index (χ0) is 14.1. The molecule has 0 spiro atoms. The average Bonchev–Trinajstić information content (AvgIpc) is 2.41. The molecule has 18 heavy (non-hydrogen) atoms. The first-order valence-corrected chi connectivity index (χ1v) is 11.4. The van der Waals surface area contributed by atoms with Crippen LogP contribution < -0.4 is 0 Å². The topological polar surface area (TPSA) is 36.9 Å². The van der Waals surface area contributed by atoms with E-state index in [1.165, 1.54) is 6.42 Å². The van der Waals surface area contributed by atoms with Crippen LogP contribution in [0.25, 0.3) is 0 Å². The lowest BCUT2D eigenvalue weighted by Crippen LogP contribution is -2.66. The number of hydrogen-bond donors (Lipinski definition) is 0. The smallest absolute Gasteiger partial charge is 0.523 e. The predicted octanol–water partition coefficient (Wildman–Crippen LogP) is 2.96. The fourth-order valence-corrected chi connectivity index (χ4v) is 9.30. The molecule has 0 rings (SSSR count). The summed E-state index contributed by atoms with van der Waals surface area (Å²) in [5, 5.41) is 0. The maximum absolute atomic E-state index is 5.89. The Kier molecular flexibility index (Phi) is 8.46. The van der Waals surface area contributed by atoms with Crippen molar-refractivity contribution in [3.63, 3.8) is 0 Å². The Morgan fingerprint density at radius 2 is 1.67 bits per heavy atom. The Balaban J connectivity index is 4.77. The minimum absolute atomic E-state index is 1.01. The first-order chi connectivity index (χ1) is 8.55. The van der Waals surface area contributed by atoms with Crippen LogP contribution in [0.3, 0.4) is 0 Å². The first kappa shape index (κ1) is 17.6. The SMILES string of the molecule is C=C[Si](C)(OC=CCCCC)[Si](OC)(OC)OC. The molecule has 4 nitrogen and oxygen atoms in total. The highest BCUT2D eigenvalue weighted by molar-refractivity contribution is 7.33. The predicted molar refractivity (Wildman–Crippen MR) is 78.3 cm³/mol. The summed E-state index contributed by atoms with van der Waals surface area (Å²) in [5.74, 6) is 0. The second-order valence-electron chi connectivity index (χ2n) is 4.11. The molecule has 0 aromatic heterocycles. The lowest BCUT2D eigenvalue weighted by molar-refractivity contribution is 0.139. The zero-order valence-corrected chi connectivity index (χ0v) is 14.2. The standard InChI is InChI=1S/C12H26O4Si2/c1-7-9-10-11-12-16-17(6,8-2)18(13-3,14-4)15-5/h8,11-12H,2,7,9-10H2,1,3-6H3. The van der Waals surface area contributed by atoms with Crippen LogP contribution in [0.2, 0.25) is 6.55 Å². The maximum Gasteiger partial charge on any atom is 0.523 e. The fourth-order valence-electron chi connectivity index (χ4n) is 1.68. The zero-order valence-electron chi connectivity index (χ0n) is 12.2. The van der Waals surface area contributed by atoms with Crippen molar-refractivity contribution in [3.05, 3.63) is 24.6 Å². The van der Waals surface area contributed by atoms with Crippen LogP contribution in [0.1, 0.15) is 26.2 Å². The summed E-state index contributed by atoms with van der Waals surface area (Å²) in [4.78, 5) is 0. The fraction of sp³-hybridized carbons (Fsp3) is 0.667. The van der Waals surface area contributed by atoms with Crippen LogP contribution in [0.15, 0.2) is 24.6 Å². The molecule has 0 fully saturated rings. The highest BCUT2D eigenvalue weighted by Gasteiger charge is 2.60. The Hall–Kier alpha value is -0.406. The minimum Gasteiger partial charge on any atom is -0.540 e. The van der Waals surface area contributed by atoms with Gasteiger partial charge in [-0.2, -0.15) is 0 Å². The Bertz CT molecular complexity index is 259. The molecule has 6 heteroatoms. The van der Waals surface area contributed by atoms with E-state index in [1.807, 2.05) is 12.6 Å². The Morgan fingerprint density at radius 1 is 1.11 bits per heavy atom. The van der Waals surface area contributed by atoms with Gasteiger partial charge in [-0.15, -0.1) is 6.58 Å². The number of allylic oxidation sites excluding steroid dienone is 1. The molecule has 0 aromatic rings. The van der Waals surface area contributed by atoms with Gasteiger partial charge in [0.2, 0.25) is 0 Å². The van der Waals surface area contributed by atoms with Crippen molar-refractivity contribution < 1.29 is 17.7 Å². The minimum atomic E-state index is -2.79. The lowest BCUT2D eigenvalue weighted by Gasteiger charge is -2.35. The summed E-state index contributed by atoms with van der Waals surface area (Å²) < 4.78 is 22.4. The normalized spacial score (nSPS) is 15.6. The van der Waals surface area contributed by atoms with Gasteiger partial charge in [0, 0.05) is 21.3 Å². The van der Waals surface area contributed by atoms with Crippen molar-refractivity contribution >= 4 is 16.2 Å². The highest BCUT2D eigenvalue weighted by Crippen LogP contribution is 2.24. The van der Waals surface area contributed by atoms with Gasteiger partial charge < -0.3 is 17.7 Å². The summed E-state index contributed by atoms with van der Waals surface area (Å²) in [6.07, 6.45) is 7.11. The van der Waals surface area contributed by atoms with Gasteiger partial charge in [-0.25, -0.2) is 0 Å². The van der Waals surface area contributed by atoms with Gasteiger partial charge >= 0.3 is 16.2 Å². The van der Waals surface area contributed by atoms with Crippen molar-refractivity contribution in [1.82, 2.24) is 0 Å². The van der Waals surface area contributed by atoms with E-state index < -0.39 is 16.2 Å². The van der Waals surface area contributed by atoms with Gasteiger partial charge in [-0.3, -0.25) is 0 Å². The molecular weight excluding hydrogens is 264 g/mol. The third-order valence-corrected chi connectivity index (χ3v) is 13.6. The monoisotopic (exact) mass is 290 g/mol. The quantitative estimate of drug-likeness (QED) is 0.352. The van der Waals surface area contributed by atoms with E-state index in [9.17, 15) is 0 Å². The molecule has 0 aliphatic heterocycles. The van der Waals surface area contributed by atoms with E-state index in [4.69, 9.17) is 17.7 Å². The molecule has 0 radical (unpaired) electrons. The first-order valence-electron chi connectivity index (χ1n) is 6.17. The molecule has 0 saturated heterocycles. The van der Waals surface area contributed by atoms with E-state index in [2.05, 4.69) is 13.5 Å². The Morgan fingerprint density at radius 3 is 2.06 bits per heavy atom. The van der Waals surface area contributed by atoms with E-state index in [0.717, 1.165) is 12.8 Å². The number of rotatable bonds is 10. The molecule has 0 aliphatic rings. The van der Waals surface area contributed by atoms with Crippen LogP contribution in [0.5, 0.6) is 0 Å². The Labute approximate surface area is 113 Å². The molecule has 0 N–H and O–H groups in total. The molecular formula is C12H26O4Si2. The van der Waals surface area contributed by atoms with Crippen LogP contribution in [0, 0.1) is 0 Å². The van der Waals surface area contributed by atoms with E-state index in [0.29, 0.717) is 0 Å². The largest absolute Gasteiger partial charge is 0.540 e. The van der Waals surface area contributed by atoms with E-state index in [1.54, 1.807) is 33.3 Å². The van der Waals surface area contributed by atoms with Crippen molar-refractivity contribution in [1.29, 1.82) is 0 Å². The van der Waals surface area contributed by atoms with Gasteiger partial charge in [-0.05, 0) is 19.4 Å². The molecule has 0 aromatic carbocycles. The summed E-state index contributed by atoms with van der Waals surface area (Å²) in [6, 6.07) is 0. The molecule has 0 amide bonds. The van der Waals surface area contributed by atoms with Crippen molar-refractivity contribution in [2.75, 3.05) is 21.3 Å². The summed E-state index contributed by atoms with van der Waals surface area (Å²) in [5.41, 5.74) is 1.81. The maximum atomic E-state index is 5.89. The van der Waals surface area contributed by atoms with Crippen LogP contribution >= 0.6 is 0 Å². The molecule has 0 bridgehead atoms. The van der Waals surface area contributed by atoms with Crippen molar-refractivity contribution in [3.8, 4) is 0 Å². The molecule has 106 valence electrons. The van der Waals surface area contributed by atoms with E-state index >= 15 is 0 Å². The molecule has 0 aliphatic carbocycles. The van der Waals surface area contributed by atoms with E-state index in [-0.39, 0.29) is 0 Å². The van der Waals surface area contributed by atoms with Gasteiger partial charge in [-0.1, -0.05) is 25.1 Å². The highest BCUT2D eigenvalue weighted by atomic mass is 29.3. The van der Waals surface area contributed by atoms with Crippen molar-refractivity contribution in [2.45, 2.75) is 32.7 Å². The molecule has 0 saturated carbocycles. The summed E-state index contributed by atoms with van der Waals surface area (Å²) >= 11 is 0. The summed E-state index contributed by atoms with van der Waals surface area (Å²) in [6.45, 7) is 8.01. The van der Waals surface area contributed by atoms with Gasteiger partial charge in [0.15, 0.2) is 0 Å². The van der Waals surface area contributed by atoms with Crippen LogP contribution in [-0.2, 0) is 17.7 Å². The van der Waals surface area contributed by atoms with Gasteiger partial charge in [0.05, 0.1) is 6.26 Å². The lowest BCUT2D eigenvalue weighted by atomic mass is 10.2. The second kappa shape index (κ2) is 8.65. The third-order valence-electron chi connectivity index (χ3n) is 2.94. The van der Waals surface area contributed by atoms with Gasteiger partial charge in [0.1, 0.15) is 0 Å². The second-order valence-corrected chi connectivity index (χ2v) is 14.1. The molecule has 0 heterocycles. The number of hydrogen-bond acceptors (Lipinski definition) is 4. The molecule has 1 atom stereocenters. The van der Waals surface area contributed by atoms with Crippen LogP contribution in [0.4, 0.5) is 0 Å². The van der Waals surface area contributed by atoms with Crippen LogP contribution in [-0.4, -0.2) is 37.5 Å². The number of unbranched alkanes of at least 4 members (excludes halogenated alkanes) is 2. The molecule has 1 unspecified atom stereocenters. The van der Waals surface area contributed by atoms with Gasteiger partial charge in [0.25, 0.3) is 0 Å². The van der Waals surface area contributed by atoms with Crippen molar-refractivity contribution in [2.24, 2.45) is 0 Å². The average molecular weight is 291 g/mol. The third kappa shape index (κ3) is 4.06. The summed E-state index contributed by atoms with van der Waals surface area (Å²) in [7, 11) is -0.420.